The van der Waals surface area contributed by atoms with E-state index >= 15 is 0 Å². The lowest BCUT2D eigenvalue weighted by Crippen LogP contribution is -2.27. The number of nitrogens with zero attached hydrogens (tertiary/aromatic N) is 2. The molecule has 0 radical (unpaired) electrons. The quantitative estimate of drug-likeness (QED) is 0.563. The fourth-order valence-electron chi connectivity index (χ4n) is 2.50. The standard InChI is InChI=1S/C19H13N3O3S/c23-17(15-9-13-3-1-2-4-16(13)25-19(15)24)21-10-14-11-26-18(22-14)12-5-7-20-8-6-12/h1-9,11H,10H2,(H,21,23). The minimum Gasteiger partial charge on any atom is -0.422 e. The van der Waals surface area contributed by atoms with Gasteiger partial charge in [-0.3, -0.25) is 9.78 Å². The Morgan fingerprint density at radius 2 is 1.96 bits per heavy atom. The molecule has 26 heavy (non-hydrogen) atoms. The molecule has 0 fully saturated rings. The van der Waals surface area contributed by atoms with Crippen LogP contribution in [0.3, 0.4) is 0 Å². The van der Waals surface area contributed by atoms with Crippen molar-refractivity contribution in [3.63, 3.8) is 0 Å². The predicted octanol–water partition coefficient (Wildman–Crippen LogP) is 3.24. The Morgan fingerprint density at radius 1 is 1.15 bits per heavy atom. The topological polar surface area (TPSA) is 85.1 Å². The average molecular weight is 363 g/mol. The van der Waals surface area contributed by atoms with Gasteiger partial charge in [-0.1, -0.05) is 18.2 Å². The first-order valence-corrected chi connectivity index (χ1v) is 8.74. The van der Waals surface area contributed by atoms with Crippen molar-refractivity contribution < 1.29 is 9.21 Å². The molecule has 4 aromatic rings. The molecule has 0 aliphatic heterocycles. The summed E-state index contributed by atoms with van der Waals surface area (Å²) in [6.07, 6.45) is 3.41. The number of amides is 1. The van der Waals surface area contributed by atoms with E-state index in [0.29, 0.717) is 11.0 Å². The second kappa shape index (κ2) is 6.89. The zero-order valence-electron chi connectivity index (χ0n) is 13.5. The van der Waals surface area contributed by atoms with E-state index in [9.17, 15) is 9.59 Å². The van der Waals surface area contributed by atoms with E-state index in [2.05, 4.69) is 15.3 Å². The van der Waals surface area contributed by atoms with E-state index in [1.54, 1.807) is 36.7 Å². The number of aromatic nitrogens is 2. The SMILES string of the molecule is O=C(NCc1csc(-c2ccncc2)n1)c1cc2ccccc2oc1=O. The van der Waals surface area contributed by atoms with Gasteiger partial charge in [0.05, 0.1) is 12.2 Å². The third-order valence-electron chi connectivity index (χ3n) is 3.80. The van der Waals surface area contributed by atoms with Crippen molar-refractivity contribution in [2.24, 2.45) is 0 Å². The highest BCUT2D eigenvalue weighted by molar-refractivity contribution is 7.13. The van der Waals surface area contributed by atoms with Gasteiger partial charge in [0.1, 0.15) is 16.2 Å². The van der Waals surface area contributed by atoms with Crippen LogP contribution in [0.1, 0.15) is 16.1 Å². The number of para-hydroxylation sites is 1. The molecule has 1 N–H and O–H groups in total. The van der Waals surface area contributed by atoms with Crippen molar-refractivity contribution >= 4 is 28.2 Å². The summed E-state index contributed by atoms with van der Waals surface area (Å²) in [6, 6.07) is 12.4. The van der Waals surface area contributed by atoms with Crippen molar-refractivity contribution in [3.8, 4) is 10.6 Å². The molecule has 0 spiro atoms. The molecule has 0 bridgehead atoms. The van der Waals surface area contributed by atoms with Crippen LogP contribution < -0.4 is 10.9 Å². The Kier molecular flexibility index (Phi) is 4.28. The van der Waals surface area contributed by atoms with Crippen LogP contribution in [0.15, 0.2) is 69.5 Å². The molecule has 0 unspecified atom stereocenters. The molecular weight excluding hydrogens is 350 g/mol. The number of pyridine rings is 1. The first kappa shape index (κ1) is 16.2. The maximum absolute atomic E-state index is 12.4. The van der Waals surface area contributed by atoms with E-state index in [0.717, 1.165) is 16.3 Å². The highest BCUT2D eigenvalue weighted by Gasteiger charge is 2.14. The van der Waals surface area contributed by atoms with Crippen LogP contribution in [0.4, 0.5) is 0 Å². The molecule has 0 atom stereocenters. The summed E-state index contributed by atoms with van der Waals surface area (Å²) in [5, 5.41) is 6.14. The molecule has 1 aromatic carbocycles. The minimum absolute atomic E-state index is 0.0201. The van der Waals surface area contributed by atoms with Crippen molar-refractivity contribution in [1.82, 2.24) is 15.3 Å². The number of hydrogen-bond acceptors (Lipinski definition) is 6. The Hall–Kier alpha value is -3.32. The van der Waals surface area contributed by atoms with Gasteiger partial charge in [0, 0.05) is 28.7 Å². The van der Waals surface area contributed by atoms with Crippen molar-refractivity contribution in [2.45, 2.75) is 6.54 Å². The first-order chi connectivity index (χ1) is 12.7. The minimum atomic E-state index is -0.656. The molecule has 0 saturated heterocycles. The lowest BCUT2D eigenvalue weighted by Gasteiger charge is -2.03. The lowest BCUT2D eigenvalue weighted by molar-refractivity contribution is 0.0947. The third-order valence-corrected chi connectivity index (χ3v) is 4.74. The summed E-state index contributed by atoms with van der Waals surface area (Å²) in [4.78, 5) is 32.9. The largest absolute Gasteiger partial charge is 0.422 e. The van der Waals surface area contributed by atoms with E-state index in [-0.39, 0.29) is 12.1 Å². The smallest absolute Gasteiger partial charge is 0.349 e. The summed E-state index contributed by atoms with van der Waals surface area (Å²) in [6.45, 7) is 0.229. The molecule has 0 saturated carbocycles. The number of carbonyl (C=O) groups excluding carboxylic acids is 1. The normalized spacial score (nSPS) is 10.8. The summed E-state index contributed by atoms with van der Waals surface area (Å²) < 4.78 is 5.19. The van der Waals surface area contributed by atoms with E-state index < -0.39 is 11.5 Å². The van der Waals surface area contributed by atoms with Gasteiger partial charge in [-0.15, -0.1) is 11.3 Å². The Morgan fingerprint density at radius 3 is 2.81 bits per heavy atom. The molecule has 6 nitrogen and oxygen atoms in total. The number of benzene rings is 1. The lowest BCUT2D eigenvalue weighted by atomic mass is 10.2. The number of nitrogens with one attached hydrogen (secondary N) is 1. The molecule has 3 aromatic heterocycles. The van der Waals surface area contributed by atoms with E-state index in [4.69, 9.17) is 4.42 Å². The fraction of sp³-hybridized carbons (Fsp3) is 0.0526. The maximum atomic E-state index is 12.4. The zero-order chi connectivity index (χ0) is 17.9. The maximum Gasteiger partial charge on any atom is 0.349 e. The highest BCUT2D eigenvalue weighted by atomic mass is 32.1. The van der Waals surface area contributed by atoms with Crippen LogP contribution in [0.2, 0.25) is 0 Å². The van der Waals surface area contributed by atoms with Crippen LogP contribution >= 0.6 is 11.3 Å². The van der Waals surface area contributed by atoms with Gasteiger partial charge >= 0.3 is 5.63 Å². The Bertz CT molecular complexity index is 1140. The van der Waals surface area contributed by atoms with Crippen LogP contribution in [0.25, 0.3) is 21.5 Å². The second-order valence-electron chi connectivity index (χ2n) is 5.55. The molecule has 3 heterocycles. The van der Waals surface area contributed by atoms with Gasteiger partial charge in [0.2, 0.25) is 0 Å². The van der Waals surface area contributed by atoms with E-state index in [1.165, 1.54) is 11.3 Å². The average Bonchev–Trinajstić information content (AvgIpc) is 3.15. The van der Waals surface area contributed by atoms with Crippen molar-refractivity contribution in [2.75, 3.05) is 0 Å². The predicted molar refractivity (Wildman–Crippen MR) is 99.0 cm³/mol. The van der Waals surface area contributed by atoms with Gasteiger partial charge in [0.25, 0.3) is 5.91 Å². The summed E-state index contributed by atoms with van der Waals surface area (Å²) in [5.74, 6) is -0.483. The number of carbonyl (C=O) groups is 1. The van der Waals surface area contributed by atoms with Gasteiger partial charge in [-0.2, -0.15) is 0 Å². The fourth-order valence-corrected chi connectivity index (χ4v) is 3.33. The number of rotatable bonds is 4. The first-order valence-electron chi connectivity index (χ1n) is 7.86. The van der Waals surface area contributed by atoms with Crippen LogP contribution in [-0.2, 0) is 6.54 Å². The van der Waals surface area contributed by atoms with Crippen LogP contribution in [-0.4, -0.2) is 15.9 Å². The van der Waals surface area contributed by atoms with Gasteiger partial charge < -0.3 is 9.73 Å². The van der Waals surface area contributed by atoms with Crippen molar-refractivity contribution in [1.29, 1.82) is 0 Å². The van der Waals surface area contributed by atoms with Crippen LogP contribution in [0.5, 0.6) is 0 Å². The van der Waals surface area contributed by atoms with Gasteiger partial charge in [-0.25, -0.2) is 9.78 Å². The van der Waals surface area contributed by atoms with E-state index in [1.807, 2.05) is 23.6 Å². The van der Waals surface area contributed by atoms with Crippen molar-refractivity contribution in [3.05, 3.63) is 81.9 Å². The summed E-state index contributed by atoms with van der Waals surface area (Å²) in [7, 11) is 0. The van der Waals surface area contributed by atoms with Crippen LogP contribution in [0, 0.1) is 0 Å². The molecule has 128 valence electrons. The molecule has 4 rings (SSSR count). The van der Waals surface area contributed by atoms with Gasteiger partial charge in [-0.05, 0) is 24.3 Å². The molecule has 1 amide bonds. The summed E-state index contributed by atoms with van der Waals surface area (Å²) in [5.41, 5.74) is 1.47. The van der Waals surface area contributed by atoms with Gasteiger partial charge in [0.15, 0.2) is 0 Å². The summed E-state index contributed by atoms with van der Waals surface area (Å²) >= 11 is 1.48. The molecule has 0 aliphatic rings. The number of fused-ring (bicyclic) bond motifs is 1. The molecular formula is C19H13N3O3S. The molecule has 7 heteroatoms. The monoisotopic (exact) mass is 363 g/mol. The number of thiazole rings is 1. The Balaban J connectivity index is 1.50. The third kappa shape index (κ3) is 3.25. The molecule has 0 aliphatic carbocycles. The number of hydrogen-bond donors (Lipinski definition) is 1. The highest BCUT2D eigenvalue weighted by Crippen LogP contribution is 2.22. The second-order valence-corrected chi connectivity index (χ2v) is 6.41. The zero-order valence-corrected chi connectivity index (χ0v) is 14.3. The Labute approximate surface area is 152 Å².